The highest BCUT2D eigenvalue weighted by atomic mass is 16.1. The molecule has 0 aliphatic carbocycles. The van der Waals surface area contributed by atoms with E-state index in [9.17, 15) is 4.79 Å². The molecule has 6 heteroatoms. The Balaban J connectivity index is 2.05. The molecule has 0 fully saturated rings. The minimum Gasteiger partial charge on any atom is -0.311 e. The smallest absolute Gasteiger partial charge is 0.230 e. The quantitative estimate of drug-likeness (QED) is 0.807. The topological polar surface area (TPSA) is 64.7 Å². The molecule has 2 aromatic rings. The highest BCUT2D eigenvalue weighted by Crippen LogP contribution is 2.16. The molecule has 0 spiro atoms. The number of carbonyl (C=O) groups is 1. The van der Waals surface area contributed by atoms with Crippen LogP contribution in [0.4, 0.5) is 5.82 Å². The summed E-state index contributed by atoms with van der Waals surface area (Å²) in [6, 6.07) is 1.84. The number of nitrogens with one attached hydrogen (secondary N) is 1. The highest BCUT2D eigenvalue weighted by molar-refractivity contribution is 5.91. The summed E-state index contributed by atoms with van der Waals surface area (Å²) in [4.78, 5) is 12.5. The van der Waals surface area contributed by atoms with Crippen LogP contribution in [-0.4, -0.2) is 25.5 Å². The first kappa shape index (κ1) is 18.2. The summed E-state index contributed by atoms with van der Waals surface area (Å²) in [6.07, 6.45) is 4.21. The fraction of sp³-hybridized carbons (Fsp3) is 0.611. The lowest BCUT2D eigenvalue weighted by Gasteiger charge is -2.10. The van der Waals surface area contributed by atoms with Gasteiger partial charge in [-0.3, -0.25) is 9.48 Å². The molecule has 2 aromatic heterocycles. The van der Waals surface area contributed by atoms with Crippen LogP contribution in [0.25, 0.3) is 0 Å². The molecule has 0 aromatic carbocycles. The Morgan fingerprint density at radius 1 is 1.29 bits per heavy atom. The van der Waals surface area contributed by atoms with E-state index in [2.05, 4.69) is 36.3 Å². The first-order chi connectivity index (χ1) is 11.4. The van der Waals surface area contributed by atoms with Crippen LogP contribution in [0.2, 0.25) is 0 Å². The van der Waals surface area contributed by atoms with Crippen LogP contribution in [-0.2, 0) is 24.3 Å². The summed E-state index contributed by atoms with van der Waals surface area (Å²) in [5.41, 5.74) is 3.03. The second-order valence-electron chi connectivity index (χ2n) is 6.74. The van der Waals surface area contributed by atoms with Gasteiger partial charge in [0.2, 0.25) is 5.91 Å². The molecule has 0 unspecified atom stereocenters. The summed E-state index contributed by atoms with van der Waals surface area (Å²) in [7, 11) is 0. The Morgan fingerprint density at radius 2 is 2.04 bits per heavy atom. The number of nitrogens with zero attached hydrogens (tertiary/aromatic N) is 4. The van der Waals surface area contributed by atoms with Crippen LogP contribution in [0.3, 0.4) is 0 Å². The van der Waals surface area contributed by atoms with Crippen LogP contribution in [0.5, 0.6) is 0 Å². The Kier molecular flexibility index (Phi) is 6.17. The average molecular weight is 331 g/mol. The van der Waals surface area contributed by atoms with Crippen molar-refractivity contribution in [3.63, 3.8) is 0 Å². The van der Waals surface area contributed by atoms with E-state index in [1.54, 1.807) is 6.20 Å². The third-order valence-corrected chi connectivity index (χ3v) is 4.11. The first-order valence-electron chi connectivity index (χ1n) is 8.76. The molecule has 0 aliphatic heterocycles. The molecule has 6 nitrogen and oxygen atoms in total. The number of unbranched alkanes of at least 4 members (excludes halogenated alkanes) is 1. The number of hydrogen-bond acceptors (Lipinski definition) is 3. The van der Waals surface area contributed by atoms with E-state index in [1.165, 1.54) is 0 Å². The lowest BCUT2D eigenvalue weighted by molar-refractivity contribution is -0.115. The van der Waals surface area contributed by atoms with Gasteiger partial charge in [-0.05, 0) is 26.2 Å². The van der Waals surface area contributed by atoms with E-state index >= 15 is 0 Å². The molecule has 0 bridgehead atoms. The van der Waals surface area contributed by atoms with Crippen molar-refractivity contribution in [1.82, 2.24) is 19.6 Å². The lowest BCUT2D eigenvalue weighted by atomic mass is 10.1. The van der Waals surface area contributed by atoms with Crippen molar-refractivity contribution in [3.05, 3.63) is 29.2 Å². The number of amides is 1. The first-order valence-corrected chi connectivity index (χ1v) is 8.76. The van der Waals surface area contributed by atoms with E-state index in [1.807, 2.05) is 29.3 Å². The summed E-state index contributed by atoms with van der Waals surface area (Å²) in [5, 5.41) is 11.8. The van der Waals surface area contributed by atoms with Gasteiger partial charge in [0.05, 0.1) is 18.3 Å². The third kappa shape index (κ3) is 4.46. The van der Waals surface area contributed by atoms with Gasteiger partial charge in [0.25, 0.3) is 0 Å². The van der Waals surface area contributed by atoms with Crippen molar-refractivity contribution < 1.29 is 4.79 Å². The average Bonchev–Trinajstić information content (AvgIpc) is 3.04. The third-order valence-electron chi connectivity index (χ3n) is 4.11. The molecule has 24 heavy (non-hydrogen) atoms. The van der Waals surface area contributed by atoms with Gasteiger partial charge in [-0.1, -0.05) is 27.2 Å². The van der Waals surface area contributed by atoms with E-state index in [0.29, 0.717) is 12.3 Å². The molecule has 2 heterocycles. The van der Waals surface area contributed by atoms with Gasteiger partial charge in [-0.2, -0.15) is 10.2 Å². The van der Waals surface area contributed by atoms with E-state index in [4.69, 9.17) is 0 Å². The van der Waals surface area contributed by atoms with Crippen molar-refractivity contribution in [1.29, 1.82) is 0 Å². The lowest BCUT2D eigenvalue weighted by Crippen LogP contribution is -2.18. The zero-order chi connectivity index (χ0) is 17.7. The van der Waals surface area contributed by atoms with Gasteiger partial charge in [0.15, 0.2) is 0 Å². The van der Waals surface area contributed by atoms with Crippen molar-refractivity contribution in [2.24, 2.45) is 5.92 Å². The summed E-state index contributed by atoms with van der Waals surface area (Å²) in [6.45, 7) is 12.2. The van der Waals surface area contributed by atoms with Gasteiger partial charge < -0.3 is 5.32 Å². The minimum absolute atomic E-state index is 0.0245. The fourth-order valence-corrected chi connectivity index (χ4v) is 2.79. The maximum atomic E-state index is 12.5. The SMILES string of the molecule is CCCCn1nccc1NC(=O)Cc1c(C)nn(CC(C)C)c1C. The summed E-state index contributed by atoms with van der Waals surface area (Å²) >= 11 is 0. The van der Waals surface area contributed by atoms with Crippen molar-refractivity contribution in [3.8, 4) is 0 Å². The predicted octanol–water partition coefficient (Wildman–Crippen LogP) is 3.33. The molecule has 0 saturated carbocycles. The van der Waals surface area contributed by atoms with Gasteiger partial charge in [0.1, 0.15) is 5.82 Å². The van der Waals surface area contributed by atoms with Crippen molar-refractivity contribution in [2.75, 3.05) is 5.32 Å². The number of anilines is 1. The van der Waals surface area contributed by atoms with Crippen molar-refractivity contribution >= 4 is 11.7 Å². The summed E-state index contributed by atoms with van der Waals surface area (Å²) < 4.78 is 3.86. The van der Waals surface area contributed by atoms with Crippen LogP contribution in [0, 0.1) is 19.8 Å². The van der Waals surface area contributed by atoms with Crippen molar-refractivity contribution in [2.45, 2.75) is 67.0 Å². The van der Waals surface area contributed by atoms with E-state index in [0.717, 1.165) is 48.7 Å². The molecular formula is C18H29N5O. The Bertz CT molecular complexity index is 684. The zero-order valence-electron chi connectivity index (χ0n) is 15.5. The minimum atomic E-state index is -0.0245. The monoisotopic (exact) mass is 331 g/mol. The molecule has 1 amide bonds. The largest absolute Gasteiger partial charge is 0.311 e. The fourth-order valence-electron chi connectivity index (χ4n) is 2.79. The number of carbonyl (C=O) groups excluding carboxylic acids is 1. The van der Waals surface area contributed by atoms with Gasteiger partial charge >= 0.3 is 0 Å². The maximum absolute atomic E-state index is 12.5. The maximum Gasteiger partial charge on any atom is 0.230 e. The van der Waals surface area contributed by atoms with Crippen LogP contribution in [0.15, 0.2) is 12.3 Å². The number of hydrogen-bond donors (Lipinski definition) is 1. The van der Waals surface area contributed by atoms with Gasteiger partial charge in [-0.25, -0.2) is 4.68 Å². The second kappa shape index (κ2) is 8.13. The standard InChI is InChI=1S/C18H29N5O/c1-6-7-10-22-17(8-9-19-22)20-18(24)11-16-14(4)21-23(15(16)5)12-13(2)3/h8-9,13H,6-7,10-12H2,1-5H3,(H,20,24). The Labute approximate surface area is 144 Å². The molecule has 0 aliphatic rings. The molecule has 0 saturated heterocycles. The highest BCUT2D eigenvalue weighted by Gasteiger charge is 2.16. The molecule has 0 atom stereocenters. The van der Waals surface area contributed by atoms with Gasteiger partial charge in [-0.15, -0.1) is 0 Å². The molecule has 0 radical (unpaired) electrons. The number of rotatable bonds is 8. The molecular weight excluding hydrogens is 302 g/mol. The normalized spacial score (nSPS) is 11.2. The Morgan fingerprint density at radius 3 is 2.71 bits per heavy atom. The van der Waals surface area contributed by atoms with Crippen LogP contribution >= 0.6 is 0 Å². The number of aryl methyl sites for hydroxylation is 2. The molecule has 1 N–H and O–H groups in total. The second-order valence-corrected chi connectivity index (χ2v) is 6.74. The van der Waals surface area contributed by atoms with Crippen LogP contribution in [0.1, 0.15) is 50.6 Å². The predicted molar refractivity (Wildman–Crippen MR) is 96.0 cm³/mol. The van der Waals surface area contributed by atoms with E-state index in [-0.39, 0.29) is 5.91 Å². The number of aromatic nitrogens is 4. The zero-order valence-corrected chi connectivity index (χ0v) is 15.5. The van der Waals surface area contributed by atoms with Gasteiger partial charge in [0, 0.05) is 30.4 Å². The van der Waals surface area contributed by atoms with Crippen LogP contribution < -0.4 is 5.32 Å². The summed E-state index contributed by atoms with van der Waals surface area (Å²) in [5.74, 6) is 1.26. The Hall–Kier alpha value is -2.11. The molecule has 2 rings (SSSR count). The molecule has 132 valence electrons. The van der Waals surface area contributed by atoms with E-state index < -0.39 is 0 Å².